The van der Waals surface area contributed by atoms with Gasteiger partial charge >= 0.3 is 5.63 Å². The minimum atomic E-state index is -0.894. The molecule has 3 rings (SSSR count). The van der Waals surface area contributed by atoms with E-state index in [2.05, 4.69) is 5.32 Å². The summed E-state index contributed by atoms with van der Waals surface area (Å²) < 4.78 is 5.21. The van der Waals surface area contributed by atoms with E-state index in [1.165, 1.54) is 30.3 Å². The number of phenols is 1. The van der Waals surface area contributed by atoms with Crippen LogP contribution >= 0.6 is 0 Å². The molecule has 0 fully saturated rings. The van der Waals surface area contributed by atoms with Crippen LogP contribution in [0.4, 0.5) is 11.4 Å². The lowest BCUT2D eigenvalue weighted by Gasteiger charge is -2.10. The lowest BCUT2D eigenvalue weighted by atomic mass is 10.1. The normalized spacial score (nSPS) is 10.3. The van der Waals surface area contributed by atoms with E-state index in [-0.39, 0.29) is 22.8 Å². The number of anilines is 2. The predicted molar refractivity (Wildman–Crippen MR) is 91.9 cm³/mol. The lowest BCUT2D eigenvalue weighted by Crippen LogP contribution is -2.23. The van der Waals surface area contributed by atoms with Gasteiger partial charge in [0.15, 0.2) is 5.56 Å². The van der Waals surface area contributed by atoms with Crippen LogP contribution in [0.3, 0.4) is 0 Å². The molecule has 0 spiro atoms. The highest BCUT2D eigenvalue weighted by Crippen LogP contribution is 2.23. The summed E-state index contributed by atoms with van der Waals surface area (Å²) in [4.78, 5) is 24.6. The van der Waals surface area contributed by atoms with Gasteiger partial charge in [0.2, 0.25) is 0 Å². The van der Waals surface area contributed by atoms with Gasteiger partial charge in [0.25, 0.3) is 5.91 Å². The Hall–Kier alpha value is -3.58. The molecular weight excluding hydrogens is 324 g/mol. The van der Waals surface area contributed by atoms with Crippen LogP contribution in [0, 0.1) is 0 Å². The molecule has 3 aromatic rings. The Morgan fingerprint density at radius 1 is 1.00 bits per heavy atom. The number of phenolic OH excluding ortho intramolecular Hbond substituents is 1. The van der Waals surface area contributed by atoms with Crippen LogP contribution in [0.15, 0.2) is 69.9 Å². The Balaban J connectivity index is 1.97. The Bertz CT molecular complexity index is 949. The third kappa shape index (κ3) is 3.51. The van der Waals surface area contributed by atoms with Crippen LogP contribution < -0.4 is 16.4 Å². The summed E-state index contributed by atoms with van der Waals surface area (Å²) in [5, 5.41) is 21.1. The molecule has 7 heteroatoms. The van der Waals surface area contributed by atoms with Gasteiger partial charge in [-0.3, -0.25) is 15.5 Å². The first-order valence-corrected chi connectivity index (χ1v) is 7.32. The van der Waals surface area contributed by atoms with Gasteiger partial charge in [0.1, 0.15) is 11.5 Å². The molecule has 1 aromatic heterocycles. The van der Waals surface area contributed by atoms with Crippen molar-refractivity contribution in [3.05, 3.63) is 76.6 Å². The number of hydrogen-bond acceptors (Lipinski definition) is 6. The van der Waals surface area contributed by atoms with Gasteiger partial charge in [0.05, 0.1) is 5.69 Å². The minimum absolute atomic E-state index is 0.0439. The second kappa shape index (κ2) is 6.90. The fourth-order valence-electron chi connectivity index (χ4n) is 2.28. The number of rotatable bonds is 4. The van der Waals surface area contributed by atoms with Crippen LogP contribution in [0.1, 0.15) is 10.4 Å². The van der Waals surface area contributed by atoms with Gasteiger partial charge < -0.3 is 14.8 Å². The summed E-state index contributed by atoms with van der Waals surface area (Å²) in [5.74, 6) is -0.499. The Morgan fingerprint density at radius 3 is 2.32 bits per heavy atom. The molecule has 0 aliphatic heterocycles. The van der Waals surface area contributed by atoms with Crippen LogP contribution in [0.25, 0.3) is 11.3 Å². The summed E-state index contributed by atoms with van der Waals surface area (Å²) in [6.45, 7) is 0. The van der Waals surface area contributed by atoms with Crippen molar-refractivity contribution in [3.8, 4) is 17.1 Å². The van der Waals surface area contributed by atoms with Crippen molar-refractivity contribution in [3.63, 3.8) is 0 Å². The maximum Gasteiger partial charge on any atom is 0.351 e. The second-order valence-electron chi connectivity index (χ2n) is 5.17. The number of nitrogens with one attached hydrogen (secondary N) is 2. The maximum absolute atomic E-state index is 12.4. The Labute approximate surface area is 142 Å². The first-order chi connectivity index (χ1) is 12.1. The first-order valence-electron chi connectivity index (χ1n) is 7.32. The number of benzene rings is 2. The zero-order chi connectivity index (χ0) is 17.8. The third-order valence-corrected chi connectivity index (χ3v) is 3.48. The number of carbonyl (C=O) groups is 1. The molecule has 0 atom stereocenters. The SMILES string of the molecule is O=C(Nc1ccc(O)cc1)c1c(NO)cc(-c2ccccc2)oc1=O. The summed E-state index contributed by atoms with van der Waals surface area (Å²) >= 11 is 0. The van der Waals surface area contributed by atoms with E-state index in [4.69, 9.17) is 4.42 Å². The number of aromatic hydroxyl groups is 1. The molecule has 0 unspecified atom stereocenters. The topological polar surface area (TPSA) is 112 Å². The molecule has 0 aliphatic carbocycles. The molecule has 0 saturated carbocycles. The zero-order valence-corrected chi connectivity index (χ0v) is 12.9. The second-order valence-corrected chi connectivity index (χ2v) is 5.17. The van der Waals surface area contributed by atoms with Crippen LogP contribution in [0.2, 0.25) is 0 Å². The largest absolute Gasteiger partial charge is 0.508 e. The van der Waals surface area contributed by atoms with Crippen LogP contribution in [-0.2, 0) is 0 Å². The molecule has 0 radical (unpaired) electrons. The van der Waals surface area contributed by atoms with E-state index in [9.17, 15) is 19.9 Å². The van der Waals surface area contributed by atoms with Gasteiger partial charge in [0, 0.05) is 17.3 Å². The summed E-state index contributed by atoms with van der Waals surface area (Å²) in [5.41, 5.74) is 1.52. The molecule has 1 heterocycles. The van der Waals surface area contributed by atoms with Crippen LogP contribution in [0.5, 0.6) is 5.75 Å². The summed E-state index contributed by atoms with van der Waals surface area (Å²) in [6, 6.07) is 15.9. The highest BCUT2D eigenvalue weighted by molar-refractivity contribution is 6.07. The molecule has 1 amide bonds. The monoisotopic (exact) mass is 338 g/mol. The molecule has 0 saturated heterocycles. The van der Waals surface area contributed by atoms with Crippen molar-refractivity contribution in [2.24, 2.45) is 0 Å². The van der Waals surface area contributed by atoms with Crippen molar-refractivity contribution in [2.75, 3.05) is 10.8 Å². The molecule has 4 N–H and O–H groups in total. The molecule has 7 nitrogen and oxygen atoms in total. The Morgan fingerprint density at radius 2 is 1.68 bits per heavy atom. The average Bonchev–Trinajstić information content (AvgIpc) is 2.63. The van der Waals surface area contributed by atoms with Crippen molar-refractivity contribution >= 4 is 17.3 Å². The van der Waals surface area contributed by atoms with E-state index in [1.54, 1.807) is 24.3 Å². The van der Waals surface area contributed by atoms with Gasteiger partial charge in [-0.05, 0) is 24.3 Å². The average molecular weight is 338 g/mol. The smallest absolute Gasteiger partial charge is 0.351 e. The van der Waals surface area contributed by atoms with E-state index >= 15 is 0 Å². The molecular formula is C18H14N2O5. The quantitative estimate of drug-likeness (QED) is 0.430. The predicted octanol–water partition coefficient (Wildman–Crippen LogP) is 3.07. The number of hydrogen-bond donors (Lipinski definition) is 4. The minimum Gasteiger partial charge on any atom is -0.508 e. The summed E-state index contributed by atoms with van der Waals surface area (Å²) in [6.07, 6.45) is 0. The van der Waals surface area contributed by atoms with Gasteiger partial charge in [-0.1, -0.05) is 30.3 Å². The highest BCUT2D eigenvalue weighted by atomic mass is 16.5. The van der Waals surface area contributed by atoms with E-state index in [1.807, 2.05) is 11.5 Å². The lowest BCUT2D eigenvalue weighted by molar-refractivity contribution is 0.102. The zero-order valence-electron chi connectivity index (χ0n) is 12.9. The fraction of sp³-hybridized carbons (Fsp3) is 0. The number of carbonyl (C=O) groups excluding carboxylic acids is 1. The molecule has 126 valence electrons. The fourth-order valence-corrected chi connectivity index (χ4v) is 2.28. The standard InChI is InChI=1S/C18H14N2O5/c21-13-8-6-12(7-9-13)19-17(22)16-14(20-24)10-15(25-18(16)23)11-4-2-1-3-5-11/h1-10,20-21,24H,(H,19,22). The molecule has 0 bridgehead atoms. The number of amides is 1. The van der Waals surface area contributed by atoms with Gasteiger partial charge in [-0.15, -0.1) is 0 Å². The van der Waals surface area contributed by atoms with Crippen molar-refractivity contribution in [2.45, 2.75) is 0 Å². The van der Waals surface area contributed by atoms with E-state index in [0.29, 0.717) is 11.3 Å². The first kappa shape index (κ1) is 16.3. The van der Waals surface area contributed by atoms with Crippen LogP contribution in [-0.4, -0.2) is 16.2 Å². The van der Waals surface area contributed by atoms with Gasteiger partial charge in [-0.25, -0.2) is 4.79 Å². The van der Waals surface area contributed by atoms with Crippen molar-refractivity contribution < 1.29 is 19.5 Å². The van der Waals surface area contributed by atoms with E-state index in [0.717, 1.165) is 0 Å². The Kier molecular flexibility index (Phi) is 4.49. The maximum atomic E-state index is 12.4. The molecule has 25 heavy (non-hydrogen) atoms. The third-order valence-electron chi connectivity index (χ3n) is 3.48. The van der Waals surface area contributed by atoms with Crippen molar-refractivity contribution in [1.29, 1.82) is 0 Å². The van der Waals surface area contributed by atoms with E-state index < -0.39 is 11.5 Å². The molecule has 2 aromatic carbocycles. The molecule has 0 aliphatic rings. The van der Waals surface area contributed by atoms with Crippen molar-refractivity contribution in [1.82, 2.24) is 0 Å². The highest BCUT2D eigenvalue weighted by Gasteiger charge is 2.20. The van der Waals surface area contributed by atoms with Gasteiger partial charge in [-0.2, -0.15) is 0 Å². The summed E-state index contributed by atoms with van der Waals surface area (Å²) in [7, 11) is 0.